The van der Waals surface area contributed by atoms with Gasteiger partial charge < -0.3 is 15.2 Å². The summed E-state index contributed by atoms with van der Waals surface area (Å²) in [4.78, 5) is 17.0. The number of amides is 1. The first-order valence-corrected chi connectivity index (χ1v) is 9.51. The molecule has 4 rings (SSSR count). The summed E-state index contributed by atoms with van der Waals surface area (Å²) in [6.07, 6.45) is 1.41. The van der Waals surface area contributed by atoms with Gasteiger partial charge in [-0.2, -0.15) is 5.26 Å². The van der Waals surface area contributed by atoms with Gasteiger partial charge in [-0.1, -0.05) is 18.2 Å². The molecule has 1 amide bonds. The van der Waals surface area contributed by atoms with Crippen LogP contribution in [0.2, 0.25) is 0 Å². The first kappa shape index (κ1) is 19.0. The fraction of sp³-hybridized carbons (Fsp3) is 0.318. The lowest BCUT2D eigenvalue weighted by Crippen LogP contribution is -2.44. The smallest absolute Gasteiger partial charge is 0.216 e. The second-order valence-corrected chi connectivity index (χ2v) is 7.28. The largest absolute Gasteiger partial charge is 0.489 e. The molecule has 0 aliphatic carbocycles. The summed E-state index contributed by atoms with van der Waals surface area (Å²) >= 11 is 0. The summed E-state index contributed by atoms with van der Waals surface area (Å²) in [5.74, 6) is 0.929. The highest BCUT2D eigenvalue weighted by atomic mass is 16.5. The van der Waals surface area contributed by atoms with Crippen molar-refractivity contribution in [2.24, 2.45) is 16.6 Å². The molecule has 148 valence electrons. The number of nitrogens with zero attached hydrogens (tertiary/aromatic N) is 3. The van der Waals surface area contributed by atoms with E-state index in [1.807, 2.05) is 36.4 Å². The molecule has 0 radical (unpaired) electrons. The molecule has 0 spiro atoms. The third kappa shape index (κ3) is 3.67. The highest BCUT2D eigenvalue weighted by molar-refractivity contribution is 5.87. The van der Waals surface area contributed by atoms with Crippen LogP contribution in [-0.2, 0) is 9.53 Å². The fourth-order valence-electron chi connectivity index (χ4n) is 3.86. The van der Waals surface area contributed by atoms with Gasteiger partial charge in [-0.3, -0.25) is 9.69 Å². The minimum absolute atomic E-state index is 0.00731. The highest BCUT2D eigenvalue weighted by Gasteiger charge is 2.40. The maximum atomic E-state index is 11.1. The van der Waals surface area contributed by atoms with Crippen molar-refractivity contribution in [2.45, 2.75) is 18.6 Å². The zero-order valence-electron chi connectivity index (χ0n) is 16.1. The van der Waals surface area contributed by atoms with Gasteiger partial charge in [0.1, 0.15) is 11.9 Å². The lowest BCUT2D eigenvalue weighted by Gasteiger charge is -2.40. The van der Waals surface area contributed by atoms with Gasteiger partial charge in [0.15, 0.2) is 5.96 Å². The molecule has 2 N–H and O–H groups in total. The quantitative estimate of drug-likeness (QED) is 0.493. The SMILES string of the molecule is CN(C=O)C(N)=N[C@H]1c2cc(-c3cccc(C#N)c3)ccc2O[C@H]2CCOC[C@@H]21. The Morgan fingerprint density at radius 3 is 2.93 bits per heavy atom. The summed E-state index contributed by atoms with van der Waals surface area (Å²) < 4.78 is 11.9. The van der Waals surface area contributed by atoms with Crippen molar-refractivity contribution in [2.75, 3.05) is 20.3 Å². The van der Waals surface area contributed by atoms with Crippen LogP contribution in [0.4, 0.5) is 0 Å². The second-order valence-electron chi connectivity index (χ2n) is 7.28. The van der Waals surface area contributed by atoms with Crippen LogP contribution in [0.3, 0.4) is 0 Å². The van der Waals surface area contributed by atoms with E-state index in [4.69, 9.17) is 15.2 Å². The van der Waals surface area contributed by atoms with Crippen LogP contribution in [0.15, 0.2) is 47.5 Å². The van der Waals surface area contributed by atoms with E-state index in [1.165, 1.54) is 4.90 Å². The molecule has 0 saturated carbocycles. The Labute approximate surface area is 169 Å². The number of aliphatic imine (C=N–C) groups is 1. The van der Waals surface area contributed by atoms with Crippen molar-refractivity contribution in [1.29, 1.82) is 5.26 Å². The minimum atomic E-state index is -0.287. The Balaban J connectivity index is 1.80. The summed E-state index contributed by atoms with van der Waals surface area (Å²) in [6.45, 7) is 1.17. The first-order valence-electron chi connectivity index (χ1n) is 9.51. The first-order chi connectivity index (χ1) is 14.1. The van der Waals surface area contributed by atoms with Crippen molar-refractivity contribution in [3.8, 4) is 22.9 Å². The predicted octanol–water partition coefficient (Wildman–Crippen LogP) is 2.47. The van der Waals surface area contributed by atoms with E-state index < -0.39 is 0 Å². The predicted molar refractivity (Wildman–Crippen MR) is 108 cm³/mol. The van der Waals surface area contributed by atoms with Crippen LogP contribution in [0.25, 0.3) is 11.1 Å². The Hall–Kier alpha value is -3.37. The molecular weight excluding hydrogens is 368 g/mol. The van der Waals surface area contributed by atoms with Crippen LogP contribution < -0.4 is 10.5 Å². The summed E-state index contributed by atoms with van der Waals surface area (Å²) in [6, 6.07) is 15.3. The van der Waals surface area contributed by atoms with Gasteiger partial charge in [0.25, 0.3) is 0 Å². The molecule has 0 unspecified atom stereocenters. The fourth-order valence-corrected chi connectivity index (χ4v) is 3.86. The third-order valence-corrected chi connectivity index (χ3v) is 5.46. The van der Waals surface area contributed by atoms with Crippen LogP contribution in [0.1, 0.15) is 23.6 Å². The summed E-state index contributed by atoms with van der Waals surface area (Å²) in [5, 5.41) is 9.20. The van der Waals surface area contributed by atoms with E-state index in [-0.39, 0.29) is 24.0 Å². The van der Waals surface area contributed by atoms with E-state index in [9.17, 15) is 10.1 Å². The molecule has 2 aliphatic heterocycles. The minimum Gasteiger partial charge on any atom is -0.489 e. The number of guanidine groups is 1. The molecule has 0 aromatic heterocycles. The normalized spacial score (nSPS) is 23.2. The number of nitriles is 1. The number of carbonyl (C=O) groups is 1. The van der Waals surface area contributed by atoms with Crippen LogP contribution in [0.5, 0.6) is 5.75 Å². The molecule has 1 saturated heterocycles. The summed E-state index contributed by atoms with van der Waals surface area (Å²) in [7, 11) is 1.57. The Morgan fingerprint density at radius 2 is 2.14 bits per heavy atom. The maximum absolute atomic E-state index is 11.1. The van der Waals surface area contributed by atoms with E-state index in [2.05, 4.69) is 11.1 Å². The van der Waals surface area contributed by atoms with Gasteiger partial charge in [-0.05, 0) is 35.4 Å². The standard InChI is InChI=1S/C22H22N4O3/c1-26(13-27)22(24)25-21-17-10-16(15-4-2-3-14(9-15)11-23)5-6-19(17)29-20-7-8-28-12-18(20)21/h2-6,9-10,13,18,20-21H,7-8,12H2,1H3,(H2,24,25)/t18-,20-,21-/m0/s1. The Morgan fingerprint density at radius 1 is 1.31 bits per heavy atom. The Bertz CT molecular complexity index is 998. The zero-order chi connectivity index (χ0) is 20.4. The number of hydrogen-bond acceptors (Lipinski definition) is 5. The molecule has 29 heavy (non-hydrogen) atoms. The molecule has 3 atom stereocenters. The average Bonchev–Trinajstić information content (AvgIpc) is 2.78. The highest BCUT2D eigenvalue weighted by Crippen LogP contribution is 2.45. The van der Waals surface area contributed by atoms with E-state index >= 15 is 0 Å². The number of nitrogens with two attached hydrogens (primary N) is 1. The monoisotopic (exact) mass is 390 g/mol. The molecular formula is C22H22N4O3. The Kier molecular flexibility index (Phi) is 5.19. The van der Waals surface area contributed by atoms with Crippen LogP contribution in [0, 0.1) is 17.2 Å². The number of benzene rings is 2. The van der Waals surface area contributed by atoms with Crippen molar-refractivity contribution >= 4 is 12.4 Å². The lowest BCUT2D eigenvalue weighted by molar-refractivity contribution is -0.114. The van der Waals surface area contributed by atoms with Gasteiger partial charge >= 0.3 is 0 Å². The van der Waals surface area contributed by atoms with Crippen molar-refractivity contribution in [3.05, 3.63) is 53.6 Å². The van der Waals surface area contributed by atoms with Gasteiger partial charge in [0, 0.05) is 24.9 Å². The molecule has 1 fully saturated rings. The molecule has 7 nitrogen and oxygen atoms in total. The number of carbonyl (C=O) groups excluding carboxylic acids is 1. The number of fused-ring (bicyclic) bond motifs is 2. The number of rotatable bonds is 3. The van der Waals surface area contributed by atoms with Crippen LogP contribution >= 0.6 is 0 Å². The summed E-state index contributed by atoms with van der Waals surface area (Å²) in [5.41, 5.74) is 9.45. The van der Waals surface area contributed by atoms with Gasteiger partial charge in [-0.15, -0.1) is 0 Å². The van der Waals surface area contributed by atoms with E-state index in [0.29, 0.717) is 25.2 Å². The molecule has 2 aliphatic rings. The van der Waals surface area contributed by atoms with Gasteiger partial charge in [0.05, 0.1) is 30.9 Å². The number of ether oxygens (including phenoxy) is 2. The van der Waals surface area contributed by atoms with E-state index in [1.54, 1.807) is 13.1 Å². The van der Waals surface area contributed by atoms with Crippen molar-refractivity contribution in [3.63, 3.8) is 0 Å². The van der Waals surface area contributed by atoms with Crippen molar-refractivity contribution in [1.82, 2.24) is 4.90 Å². The van der Waals surface area contributed by atoms with Crippen LogP contribution in [-0.4, -0.2) is 43.6 Å². The third-order valence-electron chi connectivity index (χ3n) is 5.46. The topological polar surface area (TPSA) is 101 Å². The molecule has 0 bridgehead atoms. The molecule has 2 aromatic rings. The molecule has 2 heterocycles. The van der Waals surface area contributed by atoms with Gasteiger partial charge in [-0.25, -0.2) is 4.99 Å². The molecule has 7 heteroatoms. The van der Waals surface area contributed by atoms with Gasteiger partial charge in [0.2, 0.25) is 6.41 Å². The average molecular weight is 390 g/mol. The number of hydrogen-bond donors (Lipinski definition) is 1. The second kappa shape index (κ2) is 7.94. The maximum Gasteiger partial charge on any atom is 0.216 e. The zero-order valence-corrected chi connectivity index (χ0v) is 16.1. The van der Waals surface area contributed by atoms with E-state index in [0.717, 1.165) is 28.9 Å². The molecule has 2 aromatic carbocycles. The lowest BCUT2D eigenvalue weighted by atomic mass is 9.83. The van der Waals surface area contributed by atoms with Crippen molar-refractivity contribution < 1.29 is 14.3 Å².